The zero-order valence-corrected chi connectivity index (χ0v) is 13.5. The molecule has 1 aromatic heterocycles. The van der Waals surface area contributed by atoms with Crippen LogP contribution in [-0.4, -0.2) is 40.6 Å². The van der Waals surface area contributed by atoms with Crippen molar-refractivity contribution in [2.75, 3.05) is 7.11 Å². The summed E-state index contributed by atoms with van der Waals surface area (Å²) < 4.78 is 9.81. The van der Waals surface area contributed by atoms with Crippen LogP contribution in [0.4, 0.5) is 0 Å². The lowest BCUT2D eigenvalue weighted by Crippen LogP contribution is -2.63. The van der Waals surface area contributed by atoms with E-state index >= 15 is 0 Å². The number of carbonyl (C=O) groups excluding carboxylic acids is 2. The summed E-state index contributed by atoms with van der Waals surface area (Å²) in [7, 11) is 0.979. The van der Waals surface area contributed by atoms with E-state index in [4.69, 9.17) is 4.74 Å². The maximum absolute atomic E-state index is 12.3. The Morgan fingerprint density at radius 2 is 2.24 bits per heavy atom. The van der Waals surface area contributed by atoms with Crippen molar-refractivity contribution in [3.05, 3.63) is 51.9 Å². The predicted molar refractivity (Wildman–Crippen MR) is 82.7 cm³/mol. The average molecular weight is 345 g/mol. The Bertz CT molecular complexity index is 770. The second-order valence-corrected chi connectivity index (χ2v) is 5.54. The van der Waals surface area contributed by atoms with Crippen molar-refractivity contribution in [2.24, 2.45) is 5.92 Å². The molecule has 130 valence electrons. The summed E-state index contributed by atoms with van der Waals surface area (Å²) >= 11 is 0. The molecule has 0 amide bonds. The number of allylic oxidation sites excluding steroid dienone is 1. The number of nitrogens with zero attached hydrogens (tertiary/aromatic N) is 3. The van der Waals surface area contributed by atoms with Crippen LogP contribution < -0.4 is 0 Å². The van der Waals surface area contributed by atoms with Gasteiger partial charge in [-0.15, -0.1) is 0 Å². The number of pyridine rings is 1. The molecule has 0 aromatic carbocycles. The highest BCUT2D eigenvalue weighted by Crippen LogP contribution is 2.38. The highest BCUT2D eigenvalue weighted by atomic mass is 16.7. The number of nitro groups is 1. The van der Waals surface area contributed by atoms with Crippen LogP contribution in [0.1, 0.15) is 23.7 Å². The minimum absolute atomic E-state index is 0.00643. The molecule has 9 heteroatoms. The highest BCUT2D eigenvalue weighted by molar-refractivity contribution is 5.90. The van der Waals surface area contributed by atoms with E-state index in [1.165, 1.54) is 30.6 Å². The fraction of sp³-hybridized carbons (Fsp3) is 0.375. The molecule has 1 aromatic rings. The van der Waals surface area contributed by atoms with E-state index in [0.29, 0.717) is 5.57 Å². The number of ether oxygens (including phenoxy) is 2. The number of carbonyl (C=O) groups is 2. The minimum atomic E-state index is -2.53. The topological polar surface area (TPSA) is 132 Å². The van der Waals surface area contributed by atoms with E-state index in [9.17, 15) is 25.0 Å². The fourth-order valence-electron chi connectivity index (χ4n) is 2.79. The van der Waals surface area contributed by atoms with Crippen LogP contribution >= 0.6 is 0 Å². The first-order valence-corrected chi connectivity index (χ1v) is 7.28. The van der Waals surface area contributed by atoms with Crippen LogP contribution in [0.15, 0.2) is 36.2 Å². The Balaban J connectivity index is 2.52. The molecule has 0 saturated carbocycles. The van der Waals surface area contributed by atoms with Gasteiger partial charge in [-0.1, -0.05) is 5.57 Å². The average Bonchev–Trinajstić information content (AvgIpc) is 2.61. The molecule has 0 N–H and O–H groups in total. The number of hydrogen-bond donors (Lipinski definition) is 0. The number of nitriles is 1. The lowest BCUT2D eigenvalue weighted by atomic mass is 9.72. The molecule has 0 fully saturated rings. The standard InChI is InChI=1S/C16H15N3O6/c1-10-6-12(8-17)16(19(22)23,15(21)24-2)13(7-10)25-14(20)11-4-3-5-18-9-11/h3-5,7,9,12-13H,6H2,1-2H3. The maximum atomic E-state index is 12.3. The summed E-state index contributed by atoms with van der Waals surface area (Å²) in [5, 5.41) is 21.2. The molecule has 25 heavy (non-hydrogen) atoms. The lowest BCUT2D eigenvalue weighted by Gasteiger charge is -2.35. The van der Waals surface area contributed by atoms with Gasteiger partial charge in [-0.2, -0.15) is 5.26 Å². The van der Waals surface area contributed by atoms with Crippen molar-refractivity contribution < 1.29 is 24.0 Å². The van der Waals surface area contributed by atoms with Crippen LogP contribution in [0.3, 0.4) is 0 Å². The minimum Gasteiger partial charge on any atom is -0.464 e. The second kappa shape index (κ2) is 7.09. The van der Waals surface area contributed by atoms with E-state index in [2.05, 4.69) is 9.72 Å². The number of hydrogen-bond acceptors (Lipinski definition) is 8. The van der Waals surface area contributed by atoms with E-state index in [0.717, 1.165) is 7.11 Å². The number of aromatic nitrogens is 1. The smallest absolute Gasteiger partial charge is 0.390 e. The van der Waals surface area contributed by atoms with Gasteiger partial charge in [0, 0.05) is 17.3 Å². The van der Waals surface area contributed by atoms with E-state index in [1.54, 1.807) is 13.0 Å². The summed E-state index contributed by atoms with van der Waals surface area (Å²) in [6.45, 7) is 1.64. The van der Waals surface area contributed by atoms with Crippen molar-refractivity contribution in [2.45, 2.75) is 25.0 Å². The molecular weight excluding hydrogens is 330 g/mol. The van der Waals surface area contributed by atoms with E-state index < -0.39 is 34.4 Å². The molecule has 1 aliphatic rings. The van der Waals surface area contributed by atoms with Gasteiger partial charge in [0.05, 0.1) is 18.7 Å². The highest BCUT2D eigenvalue weighted by Gasteiger charge is 2.67. The third-order valence-corrected chi connectivity index (χ3v) is 4.03. The van der Waals surface area contributed by atoms with Crippen LogP contribution in [0.25, 0.3) is 0 Å². The summed E-state index contributed by atoms with van der Waals surface area (Å²) in [5.41, 5.74) is -1.87. The van der Waals surface area contributed by atoms with Crippen LogP contribution in [0, 0.1) is 27.4 Å². The van der Waals surface area contributed by atoms with Crippen LogP contribution in [0.5, 0.6) is 0 Å². The van der Waals surface area contributed by atoms with Gasteiger partial charge >= 0.3 is 17.5 Å². The molecule has 2 rings (SSSR count). The lowest BCUT2D eigenvalue weighted by molar-refractivity contribution is -0.572. The van der Waals surface area contributed by atoms with Gasteiger partial charge < -0.3 is 9.47 Å². The second-order valence-electron chi connectivity index (χ2n) is 5.54. The molecule has 0 radical (unpaired) electrons. The monoisotopic (exact) mass is 345 g/mol. The van der Waals surface area contributed by atoms with Gasteiger partial charge in [0.25, 0.3) is 0 Å². The van der Waals surface area contributed by atoms with Crippen LogP contribution in [-0.2, 0) is 14.3 Å². The van der Waals surface area contributed by atoms with Crippen molar-refractivity contribution in [3.63, 3.8) is 0 Å². The van der Waals surface area contributed by atoms with E-state index in [1.807, 2.05) is 0 Å². The quantitative estimate of drug-likeness (QED) is 0.345. The third kappa shape index (κ3) is 3.06. The molecule has 0 saturated heterocycles. The van der Waals surface area contributed by atoms with Gasteiger partial charge in [0.2, 0.25) is 6.10 Å². The number of esters is 2. The molecule has 1 aliphatic carbocycles. The first kappa shape index (κ1) is 18.1. The van der Waals surface area contributed by atoms with Gasteiger partial charge in [-0.05, 0) is 31.6 Å². The Kier molecular flexibility index (Phi) is 5.12. The molecule has 0 aliphatic heterocycles. The van der Waals surface area contributed by atoms with Crippen molar-refractivity contribution in [3.8, 4) is 6.07 Å². The third-order valence-electron chi connectivity index (χ3n) is 4.03. The Morgan fingerprint density at radius 3 is 2.76 bits per heavy atom. The molecule has 0 bridgehead atoms. The number of rotatable bonds is 4. The molecule has 9 nitrogen and oxygen atoms in total. The van der Waals surface area contributed by atoms with Crippen LogP contribution in [0.2, 0.25) is 0 Å². The summed E-state index contributed by atoms with van der Waals surface area (Å²) in [5.74, 6) is -3.47. The summed E-state index contributed by atoms with van der Waals surface area (Å²) in [6.07, 6.45) is 2.40. The zero-order chi connectivity index (χ0) is 18.6. The molecule has 1 heterocycles. The van der Waals surface area contributed by atoms with Gasteiger partial charge in [0.15, 0.2) is 0 Å². The first-order chi connectivity index (χ1) is 11.9. The largest absolute Gasteiger partial charge is 0.464 e. The molecule has 3 unspecified atom stereocenters. The van der Waals surface area contributed by atoms with Gasteiger partial charge in [-0.25, -0.2) is 9.59 Å². The van der Waals surface area contributed by atoms with Gasteiger partial charge in [0.1, 0.15) is 5.92 Å². The fourth-order valence-corrected chi connectivity index (χ4v) is 2.79. The molecule has 3 atom stereocenters. The van der Waals surface area contributed by atoms with Crippen molar-refractivity contribution >= 4 is 11.9 Å². The van der Waals surface area contributed by atoms with Gasteiger partial charge in [-0.3, -0.25) is 15.1 Å². The normalized spacial score (nSPS) is 25.2. The Morgan fingerprint density at radius 1 is 1.52 bits per heavy atom. The number of methoxy groups -OCH3 is 1. The first-order valence-electron chi connectivity index (χ1n) is 7.28. The Labute approximate surface area is 143 Å². The summed E-state index contributed by atoms with van der Waals surface area (Å²) in [6, 6.07) is 4.69. The predicted octanol–water partition coefficient (Wildman–Crippen LogP) is 1.29. The SMILES string of the molecule is COC(=O)C1([N+](=O)[O-])C(C#N)CC(C)=CC1OC(=O)c1cccnc1. The summed E-state index contributed by atoms with van der Waals surface area (Å²) in [4.78, 5) is 39.2. The molecule has 0 spiro atoms. The van der Waals surface area contributed by atoms with Crippen molar-refractivity contribution in [1.82, 2.24) is 4.98 Å². The molecular formula is C16H15N3O6. The van der Waals surface area contributed by atoms with E-state index in [-0.39, 0.29) is 12.0 Å². The zero-order valence-electron chi connectivity index (χ0n) is 13.5. The van der Waals surface area contributed by atoms with Crippen molar-refractivity contribution in [1.29, 1.82) is 5.26 Å². The maximum Gasteiger partial charge on any atom is 0.390 e. The Hall–Kier alpha value is -3.28.